The van der Waals surface area contributed by atoms with E-state index < -0.39 is 0 Å². The van der Waals surface area contributed by atoms with Gasteiger partial charge < -0.3 is 15.5 Å². The van der Waals surface area contributed by atoms with E-state index in [2.05, 4.69) is 5.32 Å². The molecule has 0 aromatic heterocycles. The first-order valence-corrected chi connectivity index (χ1v) is 6.36. The van der Waals surface area contributed by atoms with Crippen LogP contribution in [0.3, 0.4) is 0 Å². The Morgan fingerprint density at radius 2 is 2.00 bits per heavy atom. The first-order chi connectivity index (χ1) is 8.22. The summed E-state index contributed by atoms with van der Waals surface area (Å²) in [5, 5.41) is 22.9. The number of aromatic hydroxyl groups is 1. The Bertz CT molecular complexity index is 373. The van der Waals surface area contributed by atoms with Gasteiger partial charge in [-0.1, -0.05) is 25.0 Å². The molecule has 3 unspecified atom stereocenters. The van der Waals surface area contributed by atoms with Crippen molar-refractivity contribution in [2.75, 3.05) is 7.05 Å². The molecule has 0 aliphatic heterocycles. The second-order valence-corrected chi connectivity index (χ2v) is 4.88. The molecule has 4 heteroatoms. The Morgan fingerprint density at radius 3 is 2.61 bits per heavy atom. The Hall–Kier alpha value is -0.770. The predicted octanol–water partition coefficient (Wildman–Crippen LogP) is 2.63. The predicted molar refractivity (Wildman–Crippen MR) is 75.1 cm³/mol. The lowest BCUT2D eigenvalue weighted by Crippen LogP contribution is -2.35. The van der Waals surface area contributed by atoms with Crippen LogP contribution in [0.2, 0.25) is 0 Å². The molecule has 0 amide bonds. The van der Waals surface area contributed by atoms with Crippen LogP contribution < -0.4 is 5.32 Å². The number of phenolic OH excluding ortho intramolecular Hbond substituents is 1. The van der Waals surface area contributed by atoms with Crippen LogP contribution in [-0.2, 0) is 0 Å². The highest BCUT2D eigenvalue weighted by molar-refractivity contribution is 5.85. The minimum Gasteiger partial charge on any atom is -0.508 e. The van der Waals surface area contributed by atoms with Gasteiger partial charge in [-0.15, -0.1) is 12.4 Å². The number of aliphatic hydroxyl groups excluding tert-OH is 1. The van der Waals surface area contributed by atoms with Gasteiger partial charge in [-0.3, -0.25) is 0 Å². The molecule has 3 nitrogen and oxygen atoms in total. The number of benzene rings is 1. The van der Waals surface area contributed by atoms with Crippen LogP contribution in [0.15, 0.2) is 24.3 Å². The van der Waals surface area contributed by atoms with Crippen LogP contribution in [-0.4, -0.2) is 23.4 Å². The Labute approximate surface area is 115 Å². The summed E-state index contributed by atoms with van der Waals surface area (Å²) < 4.78 is 0. The number of hydrogen-bond donors (Lipinski definition) is 3. The minimum atomic E-state index is -0.233. The topological polar surface area (TPSA) is 52.5 Å². The molecule has 1 saturated carbocycles. The molecule has 1 aliphatic carbocycles. The second kappa shape index (κ2) is 6.98. The van der Waals surface area contributed by atoms with Gasteiger partial charge in [0, 0.05) is 12.0 Å². The summed E-state index contributed by atoms with van der Waals surface area (Å²) in [5.74, 6) is 0.531. The standard InChI is InChI=1S/C14H21NO2.ClH/c1-15-14(10-5-4-6-11(16)9-10)12-7-2-3-8-13(12)17;/h4-6,9,12-17H,2-3,7-8H2,1H3;1H. The van der Waals surface area contributed by atoms with Crippen LogP contribution in [0, 0.1) is 5.92 Å². The average Bonchev–Trinajstić information content (AvgIpc) is 2.33. The third-order valence-corrected chi connectivity index (χ3v) is 3.75. The first-order valence-electron chi connectivity index (χ1n) is 6.36. The van der Waals surface area contributed by atoms with Gasteiger partial charge in [0.25, 0.3) is 0 Å². The fourth-order valence-corrected chi connectivity index (χ4v) is 2.87. The van der Waals surface area contributed by atoms with Gasteiger partial charge in [-0.2, -0.15) is 0 Å². The molecular formula is C14H22ClNO2. The van der Waals surface area contributed by atoms with E-state index in [-0.39, 0.29) is 36.2 Å². The van der Waals surface area contributed by atoms with Crippen molar-refractivity contribution in [2.45, 2.75) is 37.8 Å². The Kier molecular flexibility index (Phi) is 5.93. The highest BCUT2D eigenvalue weighted by Crippen LogP contribution is 2.35. The zero-order valence-corrected chi connectivity index (χ0v) is 11.5. The number of phenols is 1. The molecule has 0 radical (unpaired) electrons. The van der Waals surface area contributed by atoms with Gasteiger partial charge in [-0.05, 0) is 37.6 Å². The van der Waals surface area contributed by atoms with Gasteiger partial charge in [0.05, 0.1) is 6.10 Å². The first kappa shape index (κ1) is 15.3. The van der Waals surface area contributed by atoms with E-state index in [1.165, 1.54) is 6.42 Å². The number of aliphatic hydroxyl groups is 1. The Morgan fingerprint density at radius 1 is 1.28 bits per heavy atom. The number of rotatable bonds is 3. The normalized spacial score (nSPS) is 25.2. The molecule has 1 aliphatic rings. The van der Waals surface area contributed by atoms with Crippen LogP contribution in [0.1, 0.15) is 37.3 Å². The molecule has 0 bridgehead atoms. The van der Waals surface area contributed by atoms with E-state index in [1.54, 1.807) is 12.1 Å². The fourth-order valence-electron chi connectivity index (χ4n) is 2.87. The maximum absolute atomic E-state index is 10.1. The van der Waals surface area contributed by atoms with Gasteiger partial charge in [0.15, 0.2) is 0 Å². The van der Waals surface area contributed by atoms with E-state index >= 15 is 0 Å². The lowest BCUT2D eigenvalue weighted by molar-refractivity contribution is 0.0494. The molecule has 1 fully saturated rings. The third kappa shape index (κ3) is 3.37. The van der Waals surface area contributed by atoms with Crippen LogP contribution in [0.5, 0.6) is 5.75 Å². The monoisotopic (exact) mass is 271 g/mol. The number of nitrogens with one attached hydrogen (secondary N) is 1. The molecule has 2 rings (SSSR count). The lowest BCUT2D eigenvalue weighted by Gasteiger charge is -2.34. The smallest absolute Gasteiger partial charge is 0.115 e. The highest BCUT2D eigenvalue weighted by Gasteiger charge is 2.30. The maximum Gasteiger partial charge on any atom is 0.115 e. The number of hydrogen-bond acceptors (Lipinski definition) is 3. The SMILES string of the molecule is CNC(c1cccc(O)c1)C1CCCCC1O.Cl. The van der Waals surface area contributed by atoms with Crippen molar-refractivity contribution in [3.63, 3.8) is 0 Å². The molecule has 0 spiro atoms. The lowest BCUT2D eigenvalue weighted by atomic mass is 9.79. The zero-order chi connectivity index (χ0) is 12.3. The zero-order valence-electron chi connectivity index (χ0n) is 10.7. The van der Waals surface area contributed by atoms with Crippen molar-refractivity contribution in [1.82, 2.24) is 5.32 Å². The van der Waals surface area contributed by atoms with Crippen molar-refractivity contribution in [3.05, 3.63) is 29.8 Å². The van der Waals surface area contributed by atoms with Crippen LogP contribution in [0.4, 0.5) is 0 Å². The summed E-state index contributed by atoms with van der Waals surface area (Å²) in [6.07, 6.45) is 4.00. The van der Waals surface area contributed by atoms with Gasteiger partial charge >= 0.3 is 0 Å². The molecule has 3 N–H and O–H groups in total. The molecule has 3 atom stereocenters. The summed E-state index contributed by atoms with van der Waals surface area (Å²) in [7, 11) is 1.91. The number of halogens is 1. The van der Waals surface area contributed by atoms with E-state index in [9.17, 15) is 10.2 Å². The largest absolute Gasteiger partial charge is 0.508 e. The minimum absolute atomic E-state index is 0. The van der Waals surface area contributed by atoms with Crippen molar-refractivity contribution in [2.24, 2.45) is 5.92 Å². The molecule has 102 valence electrons. The van der Waals surface area contributed by atoms with E-state index in [0.717, 1.165) is 24.8 Å². The van der Waals surface area contributed by atoms with Crippen LogP contribution in [0.25, 0.3) is 0 Å². The van der Waals surface area contributed by atoms with E-state index in [4.69, 9.17) is 0 Å². The summed E-state index contributed by atoms with van der Waals surface area (Å²) >= 11 is 0. The Balaban J connectivity index is 0.00000162. The van der Waals surface area contributed by atoms with Crippen LogP contribution >= 0.6 is 12.4 Å². The maximum atomic E-state index is 10.1. The third-order valence-electron chi connectivity index (χ3n) is 3.75. The van der Waals surface area contributed by atoms with E-state index in [1.807, 2.05) is 19.2 Å². The van der Waals surface area contributed by atoms with Gasteiger partial charge in [-0.25, -0.2) is 0 Å². The quantitative estimate of drug-likeness (QED) is 0.792. The molecule has 0 saturated heterocycles. The summed E-state index contributed by atoms with van der Waals surface area (Å²) in [4.78, 5) is 0. The van der Waals surface area contributed by atoms with Crippen molar-refractivity contribution in [3.8, 4) is 5.75 Å². The van der Waals surface area contributed by atoms with Crippen molar-refractivity contribution >= 4 is 12.4 Å². The van der Waals surface area contributed by atoms with Gasteiger partial charge in [0.2, 0.25) is 0 Å². The van der Waals surface area contributed by atoms with Crippen molar-refractivity contribution in [1.29, 1.82) is 0 Å². The van der Waals surface area contributed by atoms with Gasteiger partial charge in [0.1, 0.15) is 5.75 Å². The summed E-state index contributed by atoms with van der Waals surface area (Å²) in [6, 6.07) is 7.43. The molecule has 18 heavy (non-hydrogen) atoms. The summed E-state index contributed by atoms with van der Waals surface area (Å²) in [5.41, 5.74) is 1.05. The highest BCUT2D eigenvalue weighted by atomic mass is 35.5. The summed E-state index contributed by atoms with van der Waals surface area (Å²) in [6.45, 7) is 0. The average molecular weight is 272 g/mol. The molecule has 1 aromatic carbocycles. The molecule has 0 heterocycles. The second-order valence-electron chi connectivity index (χ2n) is 4.88. The fraction of sp³-hybridized carbons (Fsp3) is 0.571. The molecular weight excluding hydrogens is 250 g/mol. The van der Waals surface area contributed by atoms with E-state index in [0.29, 0.717) is 0 Å². The van der Waals surface area contributed by atoms with Crippen molar-refractivity contribution < 1.29 is 10.2 Å². The molecule has 1 aromatic rings.